The van der Waals surface area contributed by atoms with Gasteiger partial charge in [0.2, 0.25) is 0 Å². The highest BCUT2D eigenvalue weighted by Gasteiger charge is 2.31. The number of benzene rings is 1. The van der Waals surface area contributed by atoms with Gasteiger partial charge >= 0.3 is 0 Å². The van der Waals surface area contributed by atoms with Gasteiger partial charge < -0.3 is 9.52 Å². The van der Waals surface area contributed by atoms with Crippen molar-refractivity contribution in [3.05, 3.63) is 59.3 Å². The van der Waals surface area contributed by atoms with Crippen molar-refractivity contribution in [3.8, 4) is 0 Å². The fourth-order valence-corrected chi connectivity index (χ4v) is 3.40. The first-order chi connectivity index (χ1) is 12.4. The molecule has 0 aliphatic carbocycles. The Bertz CT molecular complexity index is 674. The number of hydrogen-bond acceptors (Lipinski definition) is 3. The lowest BCUT2D eigenvalue weighted by molar-refractivity contribution is -0.00538. The largest absolute Gasteiger partial charge is 0.462 e. The van der Waals surface area contributed by atoms with Gasteiger partial charge in [-0.3, -0.25) is 4.90 Å². The van der Waals surface area contributed by atoms with Gasteiger partial charge in [-0.25, -0.2) is 4.39 Å². The summed E-state index contributed by atoms with van der Waals surface area (Å²) in [5.41, 5.74) is 0.0615. The lowest BCUT2D eigenvalue weighted by atomic mass is 9.90. The second-order valence-corrected chi connectivity index (χ2v) is 7.43. The van der Waals surface area contributed by atoms with Gasteiger partial charge in [0.1, 0.15) is 22.9 Å². The third-order valence-corrected chi connectivity index (χ3v) is 4.81. The lowest BCUT2D eigenvalue weighted by Gasteiger charge is -2.27. The van der Waals surface area contributed by atoms with E-state index in [9.17, 15) is 9.50 Å². The third kappa shape index (κ3) is 5.42. The van der Waals surface area contributed by atoms with E-state index in [1.807, 2.05) is 18.2 Å². The summed E-state index contributed by atoms with van der Waals surface area (Å²) in [5.74, 6) is 1.28. The van der Waals surface area contributed by atoms with Crippen LogP contribution in [0.5, 0.6) is 0 Å². The first-order valence-electron chi connectivity index (χ1n) is 9.68. The van der Waals surface area contributed by atoms with Crippen molar-refractivity contribution >= 4 is 0 Å². The second-order valence-electron chi connectivity index (χ2n) is 7.43. The molecule has 2 rings (SSSR count). The van der Waals surface area contributed by atoms with Crippen molar-refractivity contribution in [2.75, 3.05) is 0 Å². The summed E-state index contributed by atoms with van der Waals surface area (Å²) in [7, 11) is 0. The molecule has 1 N–H and O–H groups in total. The van der Waals surface area contributed by atoms with Crippen molar-refractivity contribution in [2.24, 2.45) is 0 Å². The summed E-state index contributed by atoms with van der Waals surface area (Å²) >= 11 is 0. The first-order valence-corrected chi connectivity index (χ1v) is 9.68. The summed E-state index contributed by atoms with van der Waals surface area (Å²) < 4.78 is 19.5. The van der Waals surface area contributed by atoms with E-state index in [-0.39, 0.29) is 11.9 Å². The molecule has 0 bridgehead atoms. The van der Waals surface area contributed by atoms with Crippen LogP contribution in [0.4, 0.5) is 4.39 Å². The average Bonchev–Trinajstić information content (AvgIpc) is 3.04. The summed E-state index contributed by atoms with van der Waals surface area (Å²) in [6.07, 6.45) is 3.21. The van der Waals surface area contributed by atoms with E-state index in [0.29, 0.717) is 31.7 Å². The lowest BCUT2D eigenvalue weighted by Crippen LogP contribution is -2.29. The minimum absolute atomic E-state index is 0.212. The van der Waals surface area contributed by atoms with Gasteiger partial charge in [0.25, 0.3) is 0 Å². The highest BCUT2D eigenvalue weighted by atomic mass is 19.1. The average molecular weight is 362 g/mol. The van der Waals surface area contributed by atoms with Crippen LogP contribution < -0.4 is 0 Å². The Morgan fingerprint density at radius 3 is 2.35 bits per heavy atom. The second kappa shape index (κ2) is 9.33. The number of hydrogen-bond donors (Lipinski definition) is 1. The fraction of sp³-hybridized carbons (Fsp3) is 0.545. The Balaban J connectivity index is 2.13. The Labute approximate surface area is 156 Å². The van der Waals surface area contributed by atoms with Crippen LogP contribution in [0.2, 0.25) is 0 Å². The normalized spacial score (nSPS) is 12.3. The van der Waals surface area contributed by atoms with Gasteiger partial charge in [-0.15, -0.1) is 0 Å². The molecule has 1 heterocycles. The predicted molar refractivity (Wildman–Crippen MR) is 103 cm³/mol. The maximum atomic E-state index is 13.5. The maximum absolute atomic E-state index is 13.5. The molecule has 0 spiro atoms. The number of furan rings is 1. The topological polar surface area (TPSA) is 36.6 Å². The van der Waals surface area contributed by atoms with Gasteiger partial charge in [-0.2, -0.15) is 0 Å². The molecule has 0 radical (unpaired) electrons. The van der Waals surface area contributed by atoms with Gasteiger partial charge in [0, 0.05) is 12.6 Å². The molecule has 3 nitrogen and oxygen atoms in total. The minimum Gasteiger partial charge on any atom is -0.462 e. The van der Waals surface area contributed by atoms with E-state index >= 15 is 0 Å². The highest BCUT2D eigenvalue weighted by molar-refractivity contribution is 5.17. The van der Waals surface area contributed by atoms with Crippen LogP contribution in [-0.4, -0.2) is 16.0 Å². The van der Waals surface area contributed by atoms with Crippen LogP contribution in [0.15, 0.2) is 40.8 Å². The number of aliphatic hydroxyl groups is 1. The summed E-state index contributed by atoms with van der Waals surface area (Å²) in [6, 6.07) is 10.9. The maximum Gasteiger partial charge on any atom is 0.135 e. The third-order valence-electron chi connectivity index (χ3n) is 4.81. The Morgan fingerprint density at radius 1 is 1.08 bits per heavy atom. The zero-order chi connectivity index (χ0) is 19.2. The molecule has 1 aromatic heterocycles. The smallest absolute Gasteiger partial charge is 0.135 e. The van der Waals surface area contributed by atoms with E-state index < -0.39 is 5.60 Å². The molecule has 2 aromatic rings. The SMILES string of the molecule is CCCC(O)(CCC)c1ccc(CN(Cc2cccc(F)c2)C(C)C)o1. The van der Waals surface area contributed by atoms with Crippen LogP contribution in [0.3, 0.4) is 0 Å². The van der Waals surface area contributed by atoms with Crippen LogP contribution >= 0.6 is 0 Å². The van der Waals surface area contributed by atoms with Crippen LogP contribution in [0.1, 0.15) is 70.5 Å². The molecule has 0 fully saturated rings. The molecular formula is C22H32FNO2. The standard InChI is InChI=1S/C22H32FNO2/c1-5-12-22(25,13-6-2)21-11-10-20(26-21)16-24(17(3)4)15-18-8-7-9-19(23)14-18/h7-11,14,17,25H,5-6,12-13,15-16H2,1-4H3. The highest BCUT2D eigenvalue weighted by Crippen LogP contribution is 2.33. The summed E-state index contributed by atoms with van der Waals surface area (Å²) in [5, 5.41) is 11.0. The van der Waals surface area contributed by atoms with Crippen molar-refractivity contribution in [1.82, 2.24) is 4.90 Å². The van der Waals surface area contributed by atoms with Crippen molar-refractivity contribution in [2.45, 2.75) is 78.1 Å². The van der Waals surface area contributed by atoms with E-state index in [2.05, 4.69) is 32.6 Å². The van der Waals surface area contributed by atoms with Gasteiger partial charge in [0.05, 0.1) is 6.54 Å². The molecule has 4 heteroatoms. The molecule has 0 unspecified atom stereocenters. The predicted octanol–water partition coefficient (Wildman–Crippen LogP) is 5.62. The Hall–Kier alpha value is -1.65. The van der Waals surface area contributed by atoms with E-state index in [0.717, 1.165) is 24.2 Å². The van der Waals surface area contributed by atoms with Crippen molar-refractivity contribution < 1.29 is 13.9 Å². The van der Waals surface area contributed by atoms with Crippen LogP contribution in [0.25, 0.3) is 0 Å². The molecule has 0 aliphatic rings. The quantitative estimate of drug-likeness (QED) is 0.597. The summed E-state index contributed by atoms with van der Waals surface area (Å²) in [4.78, 5) is 2.23. The van der Waals surface area contributed by atoms with Crippen LogP contribution in [0, 0.1) is 5.82 Å². The fourth-order valence-electron chi connectivity index (χ4n) is 3.40. The molecule has 0 amide bonds. The van der Waals surface area contributed by atoms with E-state index in [1.165, 1.54) is 6.07 Å². The molecular weight excluding hydrogens is 329 g/mol. The Morgan fingerprint density at radius 2 is 1.77 bits per heavy atom. The molecule has 0 atom stereocenters. The number of halogens is 1. The van der Waals surface area contributed by atoms with Crippen molar-refractivity contribution in [1.29, 1.82) is 0 Å². The monoisotopic (exact) mass is 361 g/mol. The zero-order valence-corrected chi connectivity index (χ0v) is 16.5. The number of rotatable bonds is 10. The van der Waals surface area contributed by atoms with Crippen LogP contribution in [-0.2, 0) is 18.7 Å². The van der Waals surface area contributed by atoms with Gasteiger partial charge in [0.15, 0.2) is 0 Å². The first kappa shape index (κ1) is 20.7. The summed E-state index contributed by atoms with van der Waals surface area (Å²) in [6.45, 7) is 9.66. The van der Waals surface area contributed by atoms with Gasteiger partial charge in [-0.1, -0.05) is 38.8 Å². The van der Waals surface area contributed by atoms with E-state index in [1.54, 1.807) is 12.1 Å². The molecule has 144 valence electrons. The van der Waals surface area contributed by atoms with Crippen molar-refractivity contribution in [3.63, 3.8) is 0 Å². The molecule has 0 saturated heterocycles. The molecule has 26 heavy (non-hydrogen) atoms. The number of nitrogens with zero attached hydrogens (tertiary/aromatic N) is 1. The molecule has 0 aliphatic heterocycles. The minimum atomic E-state index is -0.882. The molecule has 1 aromatic carbocycles. The van der Waals surface area contributed by atoms with E-state index in [4.69, 9.17) is 4.42 Å². The molecule has 0 saturated carbocycles. The Kier molecular flexibility index (Phi) is 7.42. The zero-order valence-electron chi connectivity index (χ0n) is 16.5. The van der Waals surface area contributed by atoms with Gasteiger partial charge in [-0.05, 0) is 56.5 Å².